The van der Waals surface area contributed by atoms with Crippen LogP contribution < -0.4 is 5.32 Å². The number of halogens is 4. The molecule has 0 amide bonds. The highest BCUT2D eigenvalue weighted by atomic mass is 32.2. The lowest BCUT2D eigenvalue weighted by atomic mass is 9.61. The van der Waals surface area contributed by atoms with Crippen LogP contribution in [0.1, 0.15) is 36.8 Å². The van der Waals surface area contributed by atoms with E-state index in [0.717, 1.165) is 65.8 Å². The predicted molar refractivity (Wildman–Crippen MR) is 150 cm³/mol. The first kappa shape index (κ1) is 29.1. The van der Waals surface area contributed by atoms with Gasteiger partial charge in [0.25, 0.3) is 10.0 Å². The van der Waals surface area contributed by atoms with E-state index in [1.54, 1.807) is 19.1 Å². The van der Waals surface area contributed by atoms with Gasteiger partial charge in [0.1, 0.15) is 11.6 Å². The smallest absolute Gasteiger partial charge is 0.416 e. The molecule has 0 spiro atoms. The average Bonchev–Trinajstić information content (AvgIpc) is 3.36. The Hall–Kier alpha value is -4.00. The summed E-state index contributed by atoms with van der Waals surface area (Å²) in [5, 5.41) is 3.07. The maximum Gasteiger partial charge on any atom is 0.416 e. The van der Waals surface area contributed by atoms with Crippen molar-refractivity contribution in [3.05, 3.63) is 71.8 Å². The second-order valence-corrected chi connectivity index (χ2v) is 13.0. The van der Waals surface area contributed by atoms with Gasteiger partial charge in [-0.15, -0.1) is 0 Å². The SMILES string of the molecule is COC(=O)[C@H]1C2CCC(CC2)[C@H]1Nc1cc(C(F)(F)F)cc(-c2cn(S(=O)(=O)c3ccc(C)cc3)c3ncc(F)cc23)n1. The van der Waals surface area contributed by atoms with Gasteiger partial charge in [-0.2, -0.15) is 13.2 Å². The highest BCUT2D eigenvalue weighted by Gasteiger charge is 2.48. The lowest BCUT2D eigenvalue weighted by Gasteiger charge is -2.47. The maximum absolute atomic E-state index is 14.4. The summed E-state index contributed by atoms with van der Waals surface area (Å²) in [6.45, 7) is 1.79. The van der Waals surface area contributed by atoms with Gasteiger partial charge in [-0.05, 0) is 74.8 Å². The molecule has 4 aromatic rings. The number of nitrogens with one attached hydrogen (secondary N) is 1. The first-order valence-corrected chi connectivity index (χ1v) is 15.2. The van der Waals surface area contributed by atoms with E-state index in [1.807, 2.05) is 0 Å². The second kappa shape index (κ2) is 10.6. The summed E-state index contributed by atoms with van der Waals surface area (Å²) in [6, 6.07) is 8.20. The molecule has 1 aromatic carbocycles. The van der Waals surface area contributed by atoms with Crippen LogP contribution in [0.2, 0.25) is 0 Å². The molecule has 8 nitrogen and oxygen atoms in total. The maximum atomic E-state index is 14.4. The van der Waals surface area contributed by atoms with Gasteiger partial charge in [0.2, 0.25) is 0 Å². The zero-order valence-electron chi connectivity index (χ0n) is 23.2. The molecule has 3 fully saturated rings. The molecular formula is C30H28F4N4O4S. The van der Waals surface area contributed by atoms with Crippen LogP contribution >= 0.6 is 0 Å². The number of carbonyl (C=O) groups is 1. The number of aryl methyl sites for hydroxylation is 1. The van der Waals surface area contributed by atoms with E-state index in [0.29, 0.717) is 0 Å². The Balaban J connectivity index is 1.50. The summed E-state index contributed by atoms with van der Waals surface area (Å²) >= 11 is 0. The molecule has 0 unspecified atom stereocenters. The third-order valence-electron chi connectivity index (χ3n) is 8.59. The average molecular weight is 617 g/mol. The van der Waals surface area contributed by atoms with E-state index in [2.05, 4.69) is 15.3 Å². The van der Waals surface area contributed by atoms with Gasteiger partial charge >= 0.3 is 12.1 Å². The third kappa shape index (κ3) is 5.23. The van der Waals surface area contributed by atoms with Crippen LogP contribution in [0.3, 0.4) is 0 Å². The number of anilines is 1. The third-order valence-corrected chi connectivity index (χ3v) is 10.3. The normalized spacial score (nSPS) is 22.1. The minimum atomic E-state index is -4.78. The van der Waals surface area contributed by atoms with Crippen LogP contribution in [-0.4, -0.2) is 41.5 Å². The highest BCUT2D eigenvalue weighted by Crippen LogP contribution is 2.47. The Morgan fingerprint density at radius 1 is 1.05 bits per heavy atom. The van der Waals surface area contributed by atoms with Crippen LogP contribution in [0.5, 0.6) is 0 Å². The number of esters is 1. The fourth-order valence-electron chi connectivity index (χ4n) is 6.47. The van der Waals surface area contributed by atoms with Crippen molar-refractivity contribution in [1.82, 2.24) is 13.9 Å². The van der Waals surface area contributed by atoms with Crippen molar-refractivity contribution in [3.63, 3.8) is 0 Å². The van der Waals surface area contributed by atoms with Crippen molar-refractivity contribution >= 4 is 32.8 Å². The molecule has 43 heavy (non-hydrogen) atoms. The highest BCUT2D eigenvalue weighted by molar-refractivity contribution is 7.90. The van der Waals surface area contributed by atoms with Gasteiger partial charge in [0.05, 0.1) is 35.4 Å². The molecular weight excluding hydrogens is 588 g/mol. The number of hydrogen-bond donors (Lipinski definition) is 1. The van der Waals surface area contributed by atoms with Crippen molar-refractivity contribution < 1.29 is 35.5 Å². The largest absolute Gasteiger partial charge is 0.469 e. The number of alkyl halides is 3. The topological polar surface area (TPSA) is 103 Å². The Morgan fingerprint density at radius 2 is 1.72 bits per heavy atom. The second-order valence-electron chi connectivity index (χ2n) is 11.2. The molecule has 3 aliphatic rings. The molecule has 0 aliphatic heterocycles. The minimum Gasteiger partial charge on any atom is -0.469 e. The number of rotatable bonds is 6. The van der Waals surface area contributed by atoms with Crippen LogP contribution in [0.25, 0.3) is 22.3 Å². The standard InChI is InChI=1S/C30H28F4N4O4S/c1-16-3-9-21(10-4-16)43(40,41)38-15-23(22-13-20(31)14-35-28(22)38)24-11-19(30(32,33)34)12-25(36-24)37-27-18-7-5-17(6-8-18)26(27)29(39)42-2/h3-4,9-15,17-18,26-27H,5-8H2,1-2H3,(H,36,37)/t17?,18?,26-,27+/m0/s1. The number of hydrogen-bond acceptors (Lipinski definition) is 7. The van der Waals surface area contributed by atoms with Gasteiger partial charge in [-0.1, -0.05) is 17.7 Å². The Bertz CT molecular complexity index is 1810. The summed E-state index contributed by atoms with van der Waals surface area (Å²) in [6.07, 6.45) is 0.462. The molecule has 3 saturated carbocycles. The Kier molecular flexibility index (Phi) is 7.18. The number of methoxy groups -OCH3 is 1. The first-order valence-electron chi connectivity index (χ1n) is 13.8. The molecule has 3 aliphatic carbocycles. The van der Waals surface area contributed by atoms with E-state index in [4.69, 9.17) is 4.74 Å². The van der Waals surface area contributed by atoms with Crippen LogP contribution in [0.4, 0.5) is 23.4 Å². The molecule has 3 heterocycles. The van der Waals surface area contributed by atoms with Gasteiger partial charge in [-0.25, -0.2) is 26.7 Å². The van der Waals surface area contributed by atoms with Crippen LogP contribution in [-0.2, 0) is 25.7 Å². The number of benzene rings is 1. The van der Waals surface area contributed by atoms with Crippen LogP contribution in [0.15, 0.2) is 59.8 Å². The summed E-state index contributed by atoms with van der Waals surface area (Å²) in [5.41, 5.74) is -0.668. The summed E-state index contributed by atoms with van der Waals surface area (Å²) in [5.74, 6) is -1.83. The van der Waals surface area contributed by atoms with Crippen molar-refractivity contribution in [2.24, 2.45) is 17.8 Å². The monoisotopic (exact) mass is 616 g/mol. The van der Waals surface area contributed by atoms with Gasteiger partial charge in [0.15, 0.2) is 5.65 Å². The van der Waals surface area contributed by atoms with Crippen molar-refractivity contribution in [2.45, 2.75) is 49.7 Å². The molecule has 2 atom stereocenters. The number of aromatic nitrogens is 3. The van der Waals surface area contributed by atoms with Gasteiger partial charge in [0, 0.05) is 23.2 Å². The van der Waals surface area contributed by atoms with E-state index in [1.165, 1.54) is 19.2 Å². The minimum absolute atomic E-state index is 0.0300. The Morgan fingerprint density at radius 3 is 2.37 bits per heavy atom. The lowest BCUT2D eigenvalue weighted by molar-refractivity contribution is -0.152. The molecule has 7 rings (SSSR count). The van der Waals surface area contributed by atoms with Crippen molar-refractivity contribution in [1.29, 1.82) is 0 Å². The number of carbonyl (C=O) groups excluding carboxylic acids is 1. The molecule has 1 N–H and O–H groups in total. The van der Waals surface area contributed by atoms with E-state index in [-0.39, 0.29) is 44.8 Å². The molecule has 2 bridgehead atoms. The zero-order chi connectivity index (χ0) is 30.7. The molecule has 0 radical (unpaired) electrons. The quantitative estimate of drug-likeness (QED) is 0.204. The van der Waals surface area contributed by atoms with Crippen LogP contribution in [0, 0.1) is 30.5 Å². The number of fused-ring (bicyclic) bond motifs is 4. The lowest BCUT2D eigenvalue weighted by Crippen LogP contribution is -2.51. The summed E-state index contributed by atoms with van der Waals surface area (Å²) in [4.78, 5) is 21.1. The zero-order valence-corrected chi connectivity index (χ0v) is 24.0. The fourth-order valence-corrected chi connectivity index (χ4v) is 7.80. The van der Waals surface area contributed by atoms with Gasteiger partial charge in [-0.3, -0.25) is 4.79 Å². The number of ether oxygens (including phenoxy) is 1. The fraction of sp³-hybridized carbons (Fsp3) is 0.367. The molecule has 0 saturated heterocycles. The van der Waals surface area contributed by atoms with E-state index >= 15 is 0 Å². The molecule has 226 valence electrons. The van der Waals surface area contributed by atoms with Crippen molar-refractivity contribution in [2.75, 3.05) is 12.4 Å². The molecule has 13 heteroatoms. The van der Waals surface area contributed by atoms with E-state index in [9.17, 15) is 30.8 Å². The summed E-state index contributed by atoms with van der Waals surface area (Å²) < 4.78 is 90.0. The Labute approximate surface area is 245 Å². The number of pyridine rings is 2. The number of nitrogens with zero attached hydrogens (tertiary/aromatic N) is 3. The van der Waals surface area contributed by atoms with Crippen molar-refractivity contribution in [3.8, 4) is 11.3 Å². The molecule has 3 aromatic heterocycles. The summed E-state index contributed by atoms with van der Waals surface area (Å²) in [7, 11) is -2.98. The van der Waals surface area contributed by atoms with E-state index < -0.39 is 45.5 Å². The first-order chi connectivity index (χ1) is 20.4. The van der Waals surface area contributed by atoms with Gasteiger partial charge < -0.3 is 10.1 Å². The predicted octanol–water partition coefficient (Wildman–Crippen LogP) is 6.19.